The molecule has 3 unspecified atom stereocenters. The molecule has 15 heavy (non-hydrogen) atoms. The number of hydrogen-bond donors (Lipinski definition) is 2. The van der Waals surface area contributed by atoms with Crippen LogP contribution in [-0.2, 0) is 0 Å². The van der Waals surface area contributed by atoms with Crippen molar-refractivity contribution < 1.29 is 5.11 Å². The summed E-state index contributed by atoms with van der Waals surface area (Å²) >= 11 is 0. The molecule has 0 bridgehead atoms. The first-order chi connectivity index (χ1) is 7.22. The second-order valence-electron chi connectivity index (χ2n) is 5.42. The van der Waals surface area contributed by atoms with Crippen LogP contribution in [-0.4, -0.2) is 24.8 Å². The van der Waals surface area contributed by atoms with Crippen LogP contribution in [0, 0.1) is 17.8 Å². The Morgan fingerprint density at radius 2 is 2.20 bits per heavy atom. The van der Waals surface area contributed by atoms with E-state index in [9.17, 15) is 0 Å². The van der Waals surface area contributed by atoms with Crippen molar-refractivity contribution in [1.29, 1.82) is 0 Å². The SMILES string of the molecule is CC(CO)CNCCC1CCCC(C)C1. The van der Waals surface area contributed by atoms with Crippen LogP contribution in [0.25, 0.3) is 0 Å². The zero-order chi connectivity index (χ0) is 11.1. The van der Waals surface area contributed by atoms with Crippen LogP contribution in [0.3, 0.4) is 0 Å². The van der Waals surface area contributed by atoms with Crippen molar-refractivity contribution in [3.63, 3.8) is 0 Å². The minimum absolute atomic E-state index is 0.299. The Kier molecular flexibility index (Phi) is 6.26. The third kappa shape index (κ3) is 5.53. The minimum atomic E-state index is 0.299. The fraction of sp³-hybridized carbons (Fsp3) is 1.00. The molecule has 0 aromatic heterocycles. The molecular weight excluding hydrogens is 186 g/mol. The van der Waals surface area contributed by atoms with Crippen molar-refractivity contribution in [2.45, 2.75) is 46.0 Å². The standard InChI is InChI=1S/C13H27NO/c1-11-4-3-5-13(8-11)6-7-14-9-12(2)10-15/h11-15H,3-10H2,1-2H3. The fourth-order valence-electron chi connectivity index (χ4n) is 2.54. The van der Waals surface area contributed by atoms with Crippen LogP contribution in [0.4, 0.5) is 0 Å². The summed E-state index contributed by atoms with van der Waals surface area (Å²) in [7, 11) is 0. The Bertz CT molecular complexity index is 161. The summed E-state index contributed by atoms with van der Waals surface area (Å²) in [4.78, 5) is 0. The van der Waals surface area contributed by atoms with Gasteiger partial charge in [-0.2, -0.15) is 0 Å². The summed E-state index contributed by atoms with van der Waals surface area (Å²) in [5.74, 6) is 2.29. The Balaban J connectivity index is 1.99. The van der Waals surface area contributed by atoms with Crippen molar-refractivity contribution in [2.75, 3.05) is 19.7 Å². The van der Waals surface area contributed by atoms with Gasteiger partial charge in [0.1, 0.15) is 0 Å². The molecule has 90 valence electrons. The molecule has 1 fully saturated rings. The second-order valence-corrected chi connectivity index (χ2v) is 5.42. The Labute approximate surface area is 94.5 Å². The second kappa shape index (κ2) is 7.24. The molecule has 0 spiro atoms. The highest BCUT2D eigenvalue weighted by Crippen LogP contribution is 2.30. The highest BCUT2D eigenvalue weighted by Gasteiger charge is 2.18. The molecule has 0 amide bonds. The van der Waals surface area contributed by atoms with Gasteiger partial charge >= 0.3 is 0 Å². The van der Waals surface area contributed by atoms with Crippen molar-refractivity contribution in [3.8, 4) is 0 Å². The first-order valence-corrected chi connectivity index (χ1v) is 6.54. The van der Waals surface area contributed by atoms with Crippen molar-refractivity contribution in [3.05, 3.63) is 0 Å². The summed E-state index contributed by atoms with van der Waals surface area (Å²) < 4.78 is 0. The summed E-state index contributed by atoms with van der Waals surface area (Å²) in [6, 6.07) is 0. The molecule has 0 saturated heterocycles. The largest absolute Gasteiger partial charge is 0.396 e. The topological polar surface area (TPSA) is 32.3 Å². The van der Waals surface area contributed by atoms with Crippen molar-refractivity contribution in [1.82, 2.24) is 5.32 Å². The minimum Gasteiger partial charge on any atom is -0.396 e. The van der Waals surface area contributed by atoms with E-state index in [1.165, 1.54) is 32.1 Å². The summed E-state index contributed by atoms with van der Waals surface area (Å²) in [5.41, 5.74) is 0. The van der Waals surface area contributed by atoms with Crippen molar-refractivity contribution in [2.24, 2.45) is 17.8 Å². The lowest BCUT2D eigenvalue weighted by molar-refractivity contribution is 0.229. The van der Waals surface area contributed by atoms with Gasteiger partial charge in [0.25, 0.3) is 0 Å². The Hall–Kier alpha value is -0.0800. The van der Waals surface area contributed by atoms with Crippen LogP contribution in [0.5, 0.6) is 0 Å². The zero-order valence-electron chi connectivity index (χ0n) is 10.3. The molecule has 0 aromatic rings. The summed E-state index contributed by atoms with van der Waals surface area (Å²) in [5, 5.41) is 12.3. The zero-order valence-corrected chi connectivity index (χ0v) is 10.3. The van der Waals surface area contributed by atoms with Gasteiger partial charge in [0.2, 0.25) is 0 Å². The van der Waals surface area contributed by atoms with E-state index >= 15 is 0 Å². The monoisotopic (exact) mass is 213 g/mol. The highest BCUT2D eigenvalue weighted by molar-refractivity contribution is 4.71. The van der Waals surface area contributed by atoms with Crippen LogP contribution < -0.4 is 5.32 Å². The predicted molar refractivity (Wildman–Crippen MR) is 64.9 cm³/mol. The number of aliphatic hydroxyl groups excluding tert-OH is 1. The average molecular weight is 213 g/mol. The van der Waals surface area contributed by atoms with Crippen LogP contribution >= 0.6 is 0 Å². The quantitative estimate of drug-likeness (QED) is 0.664. The fourth-order valence-corrected chi connectivity index (χ4v) is 2.54. The van der Waals surface area contributed by atoms with E-state index in [2.05, 4.69) is 19.2 Å². The molecule has 0 radical (unpaired) electrons. The number of rotatable bonds is 6. The van der Waals surface area contributed by atoms with Gasteiger partial charge in [-0.3, -0.25) is 0 Å². The first kappa shape index (κ1) is 13.0. The van der Waals surface area contributed by atoms with E-state index in [1.54, 1.807) is 0 Å². The van der Waals surface area contributed by atoms with Gasteiger partial charge in [-0.25, -0.2) is 0 Å². The van der Waals surface area contributed by atoms with Gasteiger partial charge in [-0.1, -0.05) is 33.1 Å². The van der Waals surface area contributed by atoms with Crippen LogP contribution in [0.2, 0.25) is 0 Å². The van der Waals surface area contributed by atoms with Gasteiger partial charge in [0.05, 0.1) is 0 Å². The van der Waals surface area contributed by atoms with Gasteiger partial charge in [0, 0.05) is 6.61 Å². The van der Waals surface area contributed by atoms with E-state index in [0.717, 1.165) is 24.9 Å². The molecular formula is C13H27NO. The van der Waals surface area contributed by atoms with E-state index in [4.69, 9.17) is 5.11 Å². The van der Waals surface area contributed by atoms with E-state index in [-0.39, 0.29) is 0 Å². The maximum atomic E-state index is 8.88. The van der Waals surface area contributed by atoms with E-state index < -0.39 is 0 Å². The average Bonchev–Trinajstić information content (AvgIpc) is 2.24. The third-order valence-electron chi connectivity index (χ3n) is 3.58. The molecule has 3 atom stereocenters. The van der Waals surface area contributed by atoms with E-state index in [0.29, 0.717) is 12.5 Å². The highest BCUT2D eigenvalue weighted by atomic mass is 16.3. The van der Waals surface area contributed by atoms with Crippen molar-refractivity contribution >= 4 is 0 Å². The molecule has 1 rings (SSSR count). The summed E-state index contributed by atoms with van der Waals surface area (Å²) in [6.07, 6.45) is 7.05. The Morgan fingerprint density at radius 3 is 2.87 bits per heavy atom. The molecule has 2 N–H and O–H groups in total. The molecule has 0 heterocycles. The number of aliphatic hydroxyl groups is 1. The van der Waals surface area contributed by atoms with Gasteiger partial charge in [-0.05, 0) is 43.7 Å². The molecule has 2 nitrogen and oxygen atoms in total. The van der Waals surface area contributed by atoms with E-state index in [1.807, 2.05) is 0 Å². The molecule has 2 heteroatoms. The number of hydrogen-bond acceptors (Lipinski definition) is 2. The maximum absolute atomic E-state index is 8.88. The van der Waals surface area contributed by atoms with Gasteiger partial charge < -0.3 is 10.4 Å². The maximum Gasteiger partial charge on any atom is 0.0468 e. The molecule has 0 aromatic carbocycles. The normalized spacial score (nSPS) is 29.0. The third-order valence-corrected chi connectivity index (χ3v) is 3.58. The lowest BCUT2D eigenvalue weighted by Gasteiger charge is -2.26. The predicted octanol–water partition coefficient (Wildman–Crippen LogP) is 2.42. The molecule has 1 aliphatic carbocycles. The van der Waals surface area contributed by atoms with Crippen LogP contribution in [0.15, 0.2) is 0 Å². The van der Waals surface area contributed by atoms with Crippen LogP contribution in [0.1, 0.15) is 46.0 Å². The lowest BCUT2D eigenvalue weighted by atomic mass is 9.81. The number of nitrogens with one attached hydrogen (secondary N) is 1. The van der Waals surface area contributed by atoms with Gasteiger partial charge in [0.15, 0.2) is 0 Å². The van der Waals surface area contributed by atoms with Gasteiger partial charge in [-0.15, -0.1) is 0 Å². The molecule has 1 aliphatic rings. The molecule has 1 saturated carbocycles. The smallest absolute Gasteiger partial charge is 0.0468 e. The lowest BCUT2D eigenvalue weighted by Crippen LogP contribution is -2.26. The first-order valence-electron chi connectivity index (χ1n) is 6.54. The Morgan fingerprint density at radius 1 is 1.40 bits per heavy atom. The molecule has 0 aliphatic heterocycles. The summed E-state index contributed by atoms with van der Waals surface area (Å²) in [6.45, 7) is 6.84.